The van der Waals surface area contributed by atoms with Crippen LogP contribution in [-0.4, -0.2) is 21.6 Å². The molecule has 0 atom stereocenters. The maximum Gasteiger partial charge on any atom is 0.235 e. The molecular formula is C12H9N3OS. The number of nitrogens with zero attached hydrogens (tertiary/aromatic N) is 2. The van der Waals surface area contributed by atoms with Gasteiger partial charge in [-0.15, -0.1) is 0 Å². The minimum absolute atomic E-state index is 0.0605. The molecule has 1 saturated heterocycles. The minimum atomic E-state index is 0.0605. The summed E-state index contributed by atoms with van der Waals surface area (Å²) in [6.07, 6.45) is 5.28. The molecule has 0 spiro atoms. The van der Waals surface area contributed by atoms with Crippen molar-refractivity contribution in [2.45, 2.75) is 0 Å². The van der Waals surface area contributed by atoms with Crippen molar-refractivity contribution >= 4 is 34.6 Å². The van der Waals surface area contributed by atoms with Crippen molar-refractivity contribution in [3.63, 3.8) is 0 Å². The lowest BCUT2D eigenvalue weighted by molar-refractivity contribution is -0.117. The van der Waals surface area contributed by atoms with Gasteiger partial charge in [-0.2, -0.15) is 0 Å². The van der Waals surface area contributed by atoms with Gasteiger partial charge in [0, 0.05) is 11.6 Å². The van der Waals surface area contributed by atoms with Crippen molar-refractivity contribution in [2.24, 2.45) is 0 Å². The van der Waals surface area contributed by atoms with E-state index in [-0.39, 0.29) is 5.91 Å². The summed E-state index contributed by atoms with van der Waals surface area (Å²) in [5.41, 5.74) is 1.96. The van der Waals surface area contributed by atoms with Gasteiger partial charge in [0.05, 0.1) is 16.3 Å². The number of nitrogens with one attached hydrogen (secondary N) is 1. The normalized spacial score (nSPS) is 17.6. The van der Waals surface area contributed by atoms with Crippen molar-refractivity contribution in [1.82, 2.24) is 15.3 Å². The predicted molar refractivity (Wildman–Crippen MR) is 68.1 cm³/mol. The third-order valence-electron chi connectivity index (χ3n) is 2.45. The smallest absolute Gasteiger partial charge is 0.235 e. The molecule has 0 radical (unpaired) electrons. The number of hydrogen-bond donors (Lipinski definition) is 1. The molecule has 17 heavy (non-hydrogen) atoms. The molecule has 0 saturated carbocycles. The lowest BCUT2D eigenvalue weighted by Crippen LogP contribution is -2.13. The van der Waals surface area contributed by atoms with E-state index in [1.165, 1.54) is 18.1 Å². The van der Waals surface area contributed by atoms with Gasteiger partial charge in [0.15, 0.2) is 0 Å². The monoisotopic (exact) mass is 243 g/mol. The van der Waals surface area contributed by atoms with Crippen molar-refractivity contribution < 1.29 is 4.79 Å². The summed E-state index contributed by atoms with van der Waals surface area (Å²) in [5.74, 6) is 0.563. The maximum absolute atomic E-state index is 11.1. The van der Waals surface area contributed by atoms with E-state index in [1.807, 2.05) is 24.3 Å². The molecule has 4 nitrogen and oxygen atoms in total. The van der Waals surface area contributed by atoms with E-state index in [2.05, 4.69) is 15.3 Å². The number of carbonyl (C=O) groups is 1. The number of amides is 1. The first-order chi connectivity index (χ1) is 8.31. The Morgan fingerprint density at radius 2 is 2.35 bits per heavy atom. The topological polar surface area (TPSA) is 54.9 Å². The predicted octanol–water partition coefficient (Wildman–Crippen LogP) is 1.79. The van der Waals surface area contributed by atoms with E-state index in [9.17, 15) is 4.79 Å². The molecule has 0 unspecified atom stereocenters. The Balaban J connectivity index is 1.98. The zero-order valence-electron chi connectivity index (χ0n) is 8.88. The van der Waals surface area contributed by atoms with Gasteiger partial charge < -0.3 is 5.32 Å². The van der Waals surface area contributed by atoms with E-state index in [4.69, 9.17) is 0 Å². The molecule has 84 valence electrons. The Kier molecular flexibility index (Phi) is 2.53. The average Bonchev–Trinajstić information content (AvgIpc) is 2.75. The molecule has 1 fully saturated rings. The fourth-order valence-electron chi connectivity index (χ4n) is 1.67. The van der Waals surface area contributed by atoms with E-state index >= 15 is 0 Å². The van der Waals surface area contributed by atoms with Crippen molar-refractivity contribution in [1.29, 1.82) is 0 Å². The number of hydrogen-bond acceptors (Lipinski definition) is 4. The zero-order chi connectivity index (χ0) is 11.7. The van der Waals surface area contributed by atoms with E-state index < -0.39 is 0 Å². The summed E-state index contributed by atoms with van der Waals surface area (Å²) >= 11 is 1.52. The largest absolute Gasteiger partial charge is 0.320 e. The number of fused-ring (bicyclic) bond motifs is 1. The fourth-order valence-corrected chi connectivity index (χ4v) is 2.44. The van der Waals surface area contributed by atoms with Gasteiger partial charge >= 0.3 is 0 Å². The molecule has 0 aliphatic carbocycles. The van der Waals surface area contributed by atoms with Crippen LogP contribution >= 0.6 is 11.8 Å². The number of carbonyl (C=O) groups excluding carboxylic acids is 1. The standard InChI is InChI=1S/C12H9N3OS/c16-11-6-17-12(15-11)4-8-1-2-10-9(3-8)5-13-7-14-10/h1-5,7H,6H2,(H,15,16). The van der Waals surface area contributed by atoms with Gasteiger partial charge in [-0.1, -0.05) is 17.8 Å². The quantitative estimate of drug-likeness (QED) is 0.829. The third-order valence-corrected chi connectivity index (χ3v) is 3.39. The second kappa shape index (κ2) is 4.18. The van der Waals surface area contributed by atoms with Crippen LogP contribution in [0.5, 0.6) is 0 Å². The summed E-state index contributed by atoms with van der Waals surface area (Å²) < 4.78 is 0. The fraction of sp³-hybridized carbons (Fsp3) is 0.0833. The SMILES string of the molecule is O=C1CSC(=Cc2ccc3ncncc3c2)N1. The Bertz CT molecular complexity index is 624. The molecule has 1 aliphatic heterocycles. The molecule has 1 N–H and O–H groups in total. The number of aromatic nitrogens is 2. The van der Waals surface area contributed by atoms with E-state index in [0.29, 0.717) is 5.75 Å². The highest BCUT2D eigenvalue weighted by Gasteiger charge is 2.14. The van der Waals surface area contributed by atoms with Crippen LogP contribution in [0.1, 0.15) is 5.56 Å². The summed E-state index contributed by atoms with van der Waals surface area (Å²) in [7, 11) is 0. The second-order valence-electron chi connectivity index (χ2n) is 3.69. The molecule has 1 amide bonds. The lowest BCUT2D eigenvalue weighted by atomic mass is 10.1. The van der Waals surface area contributed by atoms with Gasteiger partial charge in [0.1, 0.15) is 6.33 Å². The van der Waals surface area contributed by atoms with Crippen LogP contribution in [0, 0.1) is 0 Å². The molecule has 1 aromatic heterocycles. The van der Waals surface area contributed by atoms with Crippen LogP contribution in [0.25, 0.3) is 17.0 Å². The second-order valence-corrected chi connectivity index (χ2v) is 4.70. The van der Waals surface area contributed by atoms with Crippen molar-refractivity contribution in [3.8, 4) is 0 Å². The Hall–Kier alpha value is -1.88. The van der Waals surface area contributed by atoms with Crippen LogP contribution in [-0.2, 0) is 4.79 Å². The third kappa shape index (κ3) is 2.14. The highest BCUT2D eigenvalue weighted by Crippen LogP contribution is 2.22. The van der Waals surface area contributed by atoms with E-state index in [0.717, 1.165) is 21.5 Å². The Morgan fingerprint density at radius 1 is 1.41 bits per heavy atom. The summed E-state index contributed by atoms with van der Waals surface area (Å²) in [4.78, 5) is 19.2. The molecule has 3 rings (SSSR count). The Labute approximate surface area is 102 Å². The van der Waals surface area contributed by atoms with Crippen LogP contribution in [0.15, 0.2) is 35.8 Å². The van der Waals surface area contributed by atoms with Gasteiger partial charge in [-0.3, -0.25) is 4.79 Å². The van der Waals surface area contributed by atoms with Gasteiger partial charge in [0.25, 0.3) is 0 Å². The molecular weight excluding hydrogens is 234 g/mol. The van der Waals surface area contributed by atoms with Crippen LogP contribution in [0.3, 0.4) is 0 Å². The summed E-state index contributed by atoms with van der Waals surface area (Å²) in [6.45, 7) is 0. The summed E-state index contributed by atoms with van der Waals surface area (Å²) in [6, 6.07) is 5.94. The molecule has 2 heterocycles. The maximum atomic E-state index is 11.1. The molecule has 5 heteroatoms. The first-order valence-corrected chi connectivity index (χ1v) is 6.14. The highest BCUT2D eigenvalue weighted by atomic mass is 32.2. The highest BCUT2D eigenvalue weighted by molar-refractivity contribution is 8.04. The summed E-state index contributed by atoms with van der Waals surface area (Å²) in [5, 5.41) is 4.70. The number of rotatable bonds is 1. The number of benzene rings is 1. The molecule has 2 aromatic rings. The van der Waals surface area contributed by atoms with Crippen LogP contribution in [0.4, 0.5) is 0 Å². The Morgan fingerprint density at radius 3 is 3.18 bits per heavy atom. The molecule has 1 aliphatic rings. The van der Waals surface area contributed by atoms with Gasteiger partial charge in [0.2, 0.25) is 5.91 Å². The molecule has 0 bridgehead atoms. The first-order valence-electron chi connectivity index (χ1n) is 5.15. The van der Waals surface area contributed by atoms with Crippen molar-refractivity contribution in [3.05, 3.63) is 41.3 Å². The minimum Gasteiger partial charge on any atom is -0.320 e. The number of thioether (sulfide) groups is 1. The van der Waals surface area contributed by atoms with Gasteiger partial charge in [-0.25, -0.2) is 9.97 Å². The first kappa shape index (κ1) is 10.3. The van der Waals surface area contributed by atoms with Crippen molar-refractivity contribution in [2.75, 3.05) is 5.75 Å². The van der Waals surface area contributed by atoms with Crippen LogP contribution in [0.2, 0.25) is 0 Å². The van der Waals surface area contributed by atoms with E-state index in [1.54, 1.807) is 6.20 Å². The van der Waals surface area contributed by atoms with Crippen LogP contribution < -0.4 is 5.32 Å². The van der Waals surface area contributed by atoms with Gasteiger partial charge in [-0.05, 0) is 23.8 Å². The lowest BCUT2D eigenvalue weighted by Gasteiger charge is -1.99. The average molecular weight is 243 g/mol. The molecule has 1 aromatic carbocycles. The zero-order valence-corrected chi connectivity index (χ0v) is 9.70.